The molecule has 0 rings (SSSR count). The third kappa shape index (κ3) is 5.17. The SMILES string of the molecule is CC(C)(C)C(=O)NC(CCO)C(C)(C)C. The third-order valence-electron chi connectivity index (χ3n) is 2.45. The Labute approximate surface area is 93.3 Å². The Bertz CT molecular complexity index is 211. The number of amides is 1. The Morgan fingerprint density at radius 1 is 1.20 bits per heavy atom. The van der Waals surface area contributed by atoms with Crippen molar-refractivity contribution < 1.29 is 9.90 Å². The standard InChI is InChI=1S/C12H25NO2/c1-11(2,3)9(7-8-14)13-10(15)12(4,5)6/h9,14H,7-8H2,1-6H3,(H,13,15). The lowest BCUT2D eigenvalue weighted by Gasteiger charge is -2.33. The molecule has 1 atom stereocenters. The van der Waals surface area contributed by atoms with E-state index in [1.165, 1.54) is 0 Å². The van der Waals surface area contributed by atoms with Gasteiger partial charge in [0.15, 0.2) is 0 Å². The Morgan fingerprint density at radius 3 is 1.93 bits per heavy atom. The molecule has 0 aromatic heterocycles. The van der Waals surface area contributed by atoms with E-state index in [4.69, 9.17) is 5.11 Å². The number of hydrogen-bond acceptors (Lipinski definition) is 2. The highest BCUT2D eigenvalue weighted by Gasteiger charge is 2.29. The summed E-state index contributed by atoms with van der Waals surface area (Å²) < 4.78 is 0. The van der Waals surface area contributed by atoms with Crippen molar-refractivity contribution in [2.24, 2.45) is 10.8 Å². The summed E-state index contributed by atoms with van der Waals surface area (Å²) in [5.74, 6) is 0.0378. The Hall–Kier alpha value is -0.570. The molecule has 15 heavy (non-hydrogen) atoms. The summed E-state index contributed by atoms with van der Waals surface area (Å²) in [4.78, 5) is 11.8. The molecule has 0 aromatic carbocycles. The summed E-state index contributed by atoms with van der Waals surface area (Å²) >= 11 is 0. The molecule has 3 nitrogen and oxygen atoms in total. The molecule has 3 heteroatoms. The van der Waals surface area contributed by atoms with E-state index < -0.39 is 0 Å². The summed E-state index contributed by atoms with van der Waals surface area (Å²) in [5.41, 5.74) is -0.400. The van der Waals surface area contributed by atoms with Crippen molar-refractivity contribution >= 4 is 5.91 Å². The Balaban J connectivity index is 4.50. The van der Waals surface area contributed by atoms with Gasteiger partial charge in [0.05, 0.1) is 0 Å². The van der Waals surface area contributed by atoms with Crippen molar-refractivity contribution in [1.29, 1.82) is 0 Å². The molecule has 90 valence electrons. The van der Waals surface area contributed by atoms with E-state index in [9.17, 15) is 4.79 Å². The molecule has 2 N–H and O–H groups in total. The van der Waals surface area contributed by atoms with Gasteiger partial charge in [0.1, 0.15) is 0 Å². The van der Waals surface area contributed by atoms with Crippen LogP contribution in [0, 0.1) is 10.8 Å². The van der Waals surface area contributed by atoms with Crippen molar-refractivity contribution in [2.45, 2.75) is 54.0 Å². The van der Waals surface area contributed by atoms with Crippen molar-refractivity contribution in [2.75, 3.05) is 6.61 Å². The minimum Gasteiger partial charge on any atom is -0.396 e. The predicted octanol–water partition coefficient (Wildman–Crippen LogP) is 1.95. The number of rotatable bonds is 3. The van der Waals surface area contributed by atoms with Crippen molar-refractivity contribution in [3.63, 3.8) is 0 Å². The summed E-state index contributed by atoms with van der Waals surface area (Å²) in [7, 11) is 0. The topological polar surface area (TPSA) is 49.3 Å². The van der Waals surface area contributed by atoms with Crippen LogP contribution in [0.25, 0.3) is 0 Å². The summed E-state index contributed by atoms with van der Waals surface area (Å²) in [5, 5.41) is 12.0. The van der Waals surface area contributed by atoms with E-state index >= 15 is 0 Å². The zero-order chi connectivity index (χ0) is 12.3. The Kier molecular flexibility index (Phi) is 4.78. The van der Waals surface area contributed by atoms with Gasteiger partial charge in [-0.3, -0.25) is 4.79 Å². The molecule has 1 amide bonds. The smallest absolute Gasteiger partial charge is 0.225 e. The van der Waals surface area contributed by atoms with E-state index in [-0.39, 0.29) is 29.4 Å². The fraction of sp³-hybridized carbons (Fsp3) is 0.917. The highest BCUT2D eigenvalue weighted by molar-refractivity contribution is 5.81. The van der Waals surface area contributed by atoms with Crippen LogP contribution in [0.15, 0.2) is 0 Å². The normalized spacial score (nSPS) is 14.9. The molecule has 0 spiro atoms. The molecule has 0 aliphatic carbocycles. The molecule has 0 aliphatic heterocycles. The van der Waals surface area contributed by atoms with Gasteiger partial charge in [0.2, 0.25) is 5.91 Å². The van der Waals surface area contributed by atoms with Crippen LogP contribution < -0.4 is 5.32 Å². The van der Waals surface area contributed by atoms with Gasteiger partial charge in [-0.2, -0.15) is 0 Å². The highest BCUT2D eigenvalue weighted by atomic mass is 16.3. The first-order valence-corrected chi connectivity index (χ1v) is 5.51. The van der Waals surface area contributed by atoms with Gasteiger partial charge in [0.25, 0.3) is 0 Å². The zero-order valence-corrected chi connectivity index (χ0v) is 10.8. The first-order chi connectivity index (χ1) is 6.59. The second-order valence-electron chi connectivity index (χ2n) is 6.15. The van der Waals surface area contributed by atoms with Gasteiger partial charge in [-0.25, -0.2) is 0 Å². The van der Waals surface area contributed by atoms with E-state index in [0.29, 0.717) is 6.42 Å². The molecule has 0 aliphatic rings. The fourth-order valence-corrected chi connectivity index (χ4v) is 1.23. The first kappa shape index (κ1) is 14.4. The van der Waals surface area contributed by atoms with E-state index in [2.05, 4.69) is 26.1 Å². The molecule has 0 bridgehead atoms. The zero-order valence-electron chi connectivity index (χ0n) is 10.8. The fourth-order valence-electron chi connectivity index (χ4n) is 1.23. The summed E-state index contributed by atoms with van der Waals surface area (Å²) in [6.07, 6.45) is 0.602. The highest BCUT2D eigenvalue weighted by Crippen LogP contribution is 2.23. The molecule has 0 aromatic rings. The number of carbonyl (C=O) groups excluding carboxylic acids is 1. The molecule has 1 unspecified atom stereocenters. The van der Waals surface area contributed by atoms with Crippen molar-refractivity contribution in [3.05, 3.63) is 0 Å². The van der Waals surface area contributed by atoms with Gasteiger partial charge in [0, 0.05) is 18.1 Å². The van der Waals surface area contributed by atoms with E-state index in [0.717, 1.165) is 0 Å². The summed E-state index contributed by atoms with van der Waals surface area (Å²) in [6.45, 7) is 12.0. The lowest BCUT2D eigenvalue weighted by molar-refractivity contribution is -0.130. The lowest BCUT2D eigenvalue weighted by atomic mass is 9.83. The van der Waals surface area contributed by atoms with Crippen molar-refractivity contribution in [1.82, 2.24) is 5.32 Å². The van der Waals surface area contributed by atoms with E-state index in [1.54, 1.807) is 0 Å². The second-order valence-corrected chi connectivity index (χ2v) is 6.15. The molecule has 0 heterocycles. The first-order valence-electron chi connectivity index (χ1n) is 5.51. The Morgan fingerprint density at radius 2 is 1.67 bits per heavy atom. The number of nitrogens with one attached hydrogen (secondary N) is 1. The van der Waals surface area contributed by atoms with Crippen molar-refractivity contribution in [3.8, 4) is 0 Å². The third-order valence-corrected chi connectivity index (χ3v) is 2.45. The van der Waals surface area contributed by atoms with Gasteiger partial charge in [-0.15, -0.1) is 0 Å². The van der Waals surface area contributed by atoms with Crippen LogP contribution in [0.2, 0.25) is 0 Å². The molecular weight excluding hydrogens is 190 g/mol. The van der Waals surface area contributed by atoms with Crippen LogP contribution >= 0.6 is 0 Å². The maximum Gasteiger partial charge on any atom is 0.225 e. The number of hydrogen-bond donors (Lipinski definition) is 2. The van der Waals surface area contributed by atoms with Crippen LogP contribution in [0.5, 0.6) is 0 Å². The van der Waals surface area contributed by atoms with Crippen LogP contribution in [0.1, 0.15) is 48.0 Å². The van der Waals surface area contributed by atoms with Gasteiger partial charge < -0.3 is 10.4 Å². The minimum absolute atomic E-state index is 0.0224. The predicted molar refractivity (Wildman–Crippen MR) is 62.5 cm³/mol. The molecule has 0 fully saturated rings. The van der Waals surface area contributed by atoms with E-state index in [1.807, 2.05) is 20.8 Å². The number of aliphatic hydroxyl groups is 1. The van der Waals surface area contributed by atoms with Crippen LogP contribution in [0.4, 0.5) is 0 Å². The average Bonchev–Trinajstić information content (AvgIpc) is 1.99. The summed E-state index contributed by atoms with van der Waals surface area (Å²) in [6, 6.07) is 0.0224. The van der Waals surface area contributed by atoms with Gasteiger partial charge in [-0.1, -0.05) is 41.5 Å². The maximum absolute atomic E-state index is 11.8. The maximum atomic E-state index is 11.8. The van der Waals surface area contributed by atoms with Gasteiger partial charge >= 0.3 is 0 Å². The lowest BCUT2D eigenvalue weighted by Crippen LogP contribution is -2.48. The van der Waals surface area contributed by atoms with Crippen LogP contribution in [-0.2, 0) is 4.79 Å². The van der Waals surface area contributed by atoms with Crippen LogP contribution in [-0.4, -0.2) is 23.7 Å². The monoisotopic (exact) mass is 215 g/mol. The quantitative estimate of drug-likeness (QED) is 0.756. The second kappa shape index (κ2) is 4.97. The largest absolute Gasteiger partial charge is 0.396 e. The molecule has 0 saturated heterocycles. The number of carbonyl (C=O) groups is 1. The number of aliphatic hydroxyl groups excluding tert-OH is 1. The van der Waals surface area contributed by atoms with Crippen LogP contribution in [0.3, 0.4) is 0 Å². The van der Waals surface area contributed by atoms with Gasteiger partial charge in [-0.05, 0) is 11.8 Å². The molecule has 0 saturated carbocycles. The average molecular weight is 215 g/mol. The molecule has 0 radical (unpaired) electrons. The minimum atomic E-state index is -0.376. The molecular formula is C12H25NO2.